The van der Waals surface area contributed by atoms with E-state index >= 15 is 0 Å². The van der Waals surface area contributed by atoms with Crippen molar-refractivity contribution in [3.63, 3.8) is 0 Å². The van der Waals surface area contributed by atoms with Crippen molar-refractivity contribution in [3.05, 3.63) is 88.4 Å². The maximum Gasteiger partial charge on any atom is 0.264 e. The number of carbonyl (C=O) groups is 1. The predicted molar refractivity (Wildman–Crippen MR) is 131 cm³/mol. The average Bonchev–Trinajstić information content (AvgIpc) is 2.78. The highest BCUT2D eigenvalue weighted by molar-refractivity contribution is 7.92. The second kappa shape index (κ2) is 10.3. The second-order valence-corrected chi connectivity index (χ2v) is 10.1. The minimum Gasteiger partial charge on any atom is -0.496 e. The highest BCUT2D eigenvalue weighted by Crippen LogP contribution is 2.29. The third-order valence-electron chi connectivity index (χ3n) is 5.31. The molecule has 0 spiro atoms. The van der Waals surface area contributed by atoms with E-state index in [-0.39, 0.29) is 10.9 Å². The number of nitrogens with one attached hydrogen (secondary N) is 1. The Morgan fingerprint density at radius 3 is 2.36 bits per heavy atom. The van der Waals surface area contributed by atoms with Crippen LogP contribution in [0.25, 0.3) is 0 Å². The molecule has 1 N–H and O–H groups in total. The van der Waals surface area contributed by atoms with Gasteiger partial charge in [0.05, 0.1) is 23.7 Å². The summed E-state index contributed by atoms with van der Waals surface area (Å²) >= 11 is 6.08. The van der Waals surface area contributed by atoms with Crippen molar-refractivity contribution in [2.24, 2.45) is 0 Å². The Balaban J connectivity index is 1.94. The zero-order valence-electron chi connectivity index (χ0n) is 19.0. The molecule has 0 radical (unpaired) electrons. The SMILES string of the molecule is COc1ccccc1C(C)NC(=O)CN(c1ccc(Cl)cc1C)S(=O)(=O)c1ccc(C)cc1. The largest absolute Gasteiger partial charge is 0.496 e. The van der Waals surface area contributed by atoms with E-state index in [4.69, 9.17) is 16.3 Å². The van der Waals surface area contributed by atoms with Gasteiger partial charge in [0.2, 0.25) is 5.91 Å². The molecule has 8 heteroatoms. The first kappa shape index (κ1) is 24.6. The molecule has 174 valence electrons. The van der Waals surface area contributed by atoms with Gasteiger partial charge in [-0.3, -0.25) is 9.10 Å². The minimum atomic E-state index is -4.01. The number of halogens is 1. The molecule has 1 atom stereocenters. The smallest absolute Gasteiger partial charge is 0.264 e. The van der Waals surface area contributed by atoms with Crippen molar-refractivity contribution in [1.82, 2.24) is 5.32 Å². The number of anilines is 1. The molecule has 1 amide bonds. The highest BCUT2D eigenvalue weighted by Gasteiger charge is 2.29. The van der Waals surface area contributed by atoms with Gasteiger partial charge in [0, 0.05) is 10.6 Å². The van der Waals surface area contributed by atoms with Crippen molar-refractivity contribution >= 4 is 33.2 Å². The number of ether oxygens (including phenoxy) is 1. The average molecular weight is 487 g/mol. The maximum absolute atomic E-state index is 13.6. The lowest BCUT2D eigenvalue weighted by molar-refractivity contribution is -0.120. The zero-order chi connectivity index (χ0) is 24.2. The van der Waals surface area contributed by atoms with Crippen LogP contribution in [0.5, 0.6) is 5.75 Å². The number of para-hydroxylation sites is 1. The topological polar surface area (TPSA) is 75.7 Å². The Morgan fingerprint density at radius 2 is 1.73 bits per heavy atom. The summed E-state index contributed by atoms with van der Waals surface area (Å²) in [5, 5.41) is 3.37. The van der Waals surface area contributed by atoms with Gasteiger partial charge in [0.1, 0.15) is 12.3 Å². The van der Waals surface area contributed by atoms with Gasteiger partial charge >= 0.3 is 0 Å². The summed E-state index contributed by atoms with van der Waals surface area (Å²) in [6, 6.07) is 18.4. The minimum absolute atomic E-state index is 0.105. The number of aryl methyl sites for hydroxylation is 2. The van der Waals surface area contributed by atoms with Gasteiger partial charge in [-0.2, -0.15) is 0 Å². The van der Waals surface area contributed by atoms with E-state index in [9.17, 15) is 13.2 Å². The Bertz CT molecular complexity index is 1240. The summed E-state index contributed by atoms with van der Waals surface area (Å²) in [7, 11) is -2.45. The molecule has 0 aliphatic heterocycles. The summed E-state index contributed by atoms with van der Waals surface area (Å²) in [6.07, 6.45) is 0. The van der Waals surface area contributed by atoms with Crippen LogP contribution in [0.3, 0.4) is 0 Å². The number of carbonyl (C=O) groups excluding carboxylic acids is 1. The molecule has 6 nitrogen and oxygen atoms in total. The van der Waals surface area contributed by atoms with Crippen LogP contribution in [-0.4, -0.2) is 28.0 Å². The Kier molecular flexibility index (Phi) is 7.66. The molecule has 0 fully saturated rings. The first-order valence-corrected chi connectivity index (χ1v) is 12.2. The van der Waals surface area contributed by atoms with Crippen LogP contribution in [-0.2, 0) is 14.8 Å². The van der Waals surface area contributed by atoms with Gasteiger partial charge in [0.15, 0.2) is 0 Å². The van der Waals surface area contributed by atoms with Crippen molar-refractivity contribution in [2.75, 3.05) is 18.0 Å². The Hall–Kier alpha value is -3.03. The maximum atomic E-state index is 13.6. The fourth-order valence-corrected chi connectivity index (χ4v) is 5.27. The molecule has 0 heterocycles. The van der Waals surface area contributed by atoms with E-state index in [1.807, 2.05) is 38.1 Å². The van der Waals surface area contributed by atoms with Crippen LogP contribution in [0.2, 0.25) is 5.02 Å². The molecule has 0 saturated heterocycles. The van der Waals surface area contributed by atoms with Crippen molar-refractivity contribution in [2.45, 2.75) is 31.7 Å². The number of benzene rings is 3. The highest BCUT2D eigenvalue weighted by atomic mass is 35.5. The van der Waals surface area contributed by atoms with Gasteiger partial charge in [-0.1, -0.05) is 47.5 Å². The van der Waals surface area contributed by atoms with E-state index < -0.39 is 22.5 Å². The monoisotopic (exact) mass is 486 g/mol. The van der Waals surface area contributed by atoms with Crippen LogP contribution < -0.4 is 14.4 Å². The van der Waals surface area contributed by atoms with Crippen molar-refractivity contribution in [1.29, 1.82) is 0 Å². The molecule has 0 bridgehead atoms. The zero-order valence-corrected chi connectivity index (χ0v) is 20.6. The third kappa shape index (κ3) is 5.67. The van der Waals surface area contributed by atoms with Crippen LogP contribution in [0.15, 0.2) is 71.6 Å². The Labute approximate surface area is 200 Å². The predicted octanol–water partition coefficient (Wildman–Crippen LogP) is 5.04. The van der Waals surface area contributed by atoms with E-state index in [0.29, 0.717) is 22.0 Å². The van der Waals surface area contributed by atoms with Gasteiger partial charge in [0.25, 0.3) is 10.0 Å². The molecule has 0 aliphatic carbocycles. The third-order valence-corrected chi connectivity index (χ3v) is 7.32. The van der Waals surface area contributed by atoms with Crippen molar-refractivity contribution < 1.29 is 17.9 Å². The molecular weight excluding hydrogens is 460 g/mol. The summed E-state index contributed by atoms with van der Waals surface area (Å²) in [4.78, 5) is 13.1. The van der Waals surface area contributed by atoms with Gasteiger partial charge in [-0.05, 0) is 62.7 Å². The van der Waals surface area contributed by atoms with Crippen LogP contribution in [0.4, 0.5) is 5.69 Å². The normalized spacial score (nSPS) is 12.2. The van der Waals surface area contributed by atoms with Crippen molar-refractivity contribution in [3.8, 4) is 5.75 Å². The number of sulfonamides is 1. The molecule has 3 rings (SSSR count). The number of hydrogen-bond acceptors (Lipinski definition) is 4. The number of rotatable bonds is 8. The van der Waals surface area contributed by atoms with E-state index in [1.54, 1.807) is 44.4 Å². The summed E-state index contributed by atoms with van der Waals surface area (Å²) in [6.45, 7) is 5.07. The molecule has 33 heavy (non-hydrogen) atoms. The van der Waals surface area contributed by atoms with E-state index in [1.165, 1.54) is 12.1 Å². The lowest BCUT2D eigenvalue weighted by Gasteiger charge is -2.27. The van der Waals surface area contributed by atoms with Gasteiger partial charge in [-0.25, -0.2) is 8.42 Å². The number of methoxy groups -OCH3 is 1. The van der Waals surface area contributed by atoms with Gasteiger partial charge < -0.3 is 10.1 Å². The fraction of sp³-hybridized carbons (Fsp3) is 0.240. The van der Waals surface area contributed by atoms with E-state index in [0.717, 1.165) is 15.4 Å². The van der Waals surface area contributed by atoms with Gasteiger partial charge in [-0.15, -0.1) is 0 Å². The first-order valence-electron chi connectivity index (χ1n) is 10.4. The molecule has 0 aliphatic rings. The second-order valence-electron chi connectivity index (χ2n) is 7.79. The summed E-state index contributed by atoms with van der Waals surface area (Å²) in [5.74, 6) is 0.196. The molecule has 3 aromatic carbocycles. The van der Waals surface area contributed by atoms with E-state index in [2.05, 4.69) is 5.32 Å². The quantitative estimate of drug-likeness (QED) is 0.484. The summed E-state index contributed by atoms with van der Waals surface area (Å²) in [5.41, 5.74) is 2.76. The fourth-order valence-electron chi connectivity index (χ4n) is 3.56. The van der Waals surface area contributed by atoms with Crippen LogP contribution in [0.1, 0.15) is 29.7 Å². The summed E-state index contributed by atoms with van der Waals surface area (Å²) < 4.78 is 33.6. The van der Waals surface area contributed by atoms with Crippen LogP contribution >= 0.6 is 11.6 Å². The molecule has 3 aromatic rings. The molecular formula is C25H27ClN2O4S. The first-order chi connectivity index (χ1) is 15.6. The molecule has 0 saturated carbocycles. The lowest BCUT2D eigenvalue weighted by Crippen LogP contribution is -2.42. The standard InChI is InChI=1S/C25H27ClN2O4S/c1-17-9-12-21(13-10-17)33(30,31)28(23-14-11-20(26)15-18(23)2)16-25(29)27-19(3)22-7-5-6-8-24(22)32-4/h5-15,19H,16H2,1-4H3,(H,27,29). The lowest BCUT2D eigenvalue weighted by atomic mass is 10.1. The Morgan fingerprint density at radius 1 is 1.06 bits per heavy atom. The van der Waals surface area contributed by atoms with Crippen LogP contribution in [0, 0.1) is 13.8 Å². The number of hydrogen-bond donors (Lipinski definition) is 1. The molecule has 1 unspecified atom stereocenters. The number of amides is 1. The number of nitrogens with zero attached hydrogens (tertiary/aromatic N) is 1. The molecule has 0 aromatic heterocycles.